The van der Waals surface area contributed by atoms with Gasteiger partial charge in [-0.3, -0.25) is 4.98 Å². The summed E-state index contributed by atoms with van der Waals surface area (Å²) >= 11 is 6.42. The highest BCUT2D eigenvalue weighted by molar-refractivity contribution is 6.33. The van der Waals surface area contributed by atoms with E-state index in [0.29, 0.717) is 33.9 Å². The zero-order chi connectivity index (χ0) is 17.4. The van der Waals surface area contributed by atoms with Gasteiger partial charge in [0.2, 0.25) is 0 Å². The second-order valence-electron chi connectivity index (χ2n) is 6.07. The SMILES string of the molecule is COc1c(Cl)cc(-c2ccccn2)c2oc(N3CCNCC3C)nc12. The van der Waals surface area contributed by atoms with E-state index >= 15 is 0 Å². The van der Waals surface area contributed by atoms with Crippen molar-refractivity contribution in [2.75, 3.05) is 31.6 Å². The normalized spacial score (nSPS) is 17.9. The highest BCUT2D eigenvalue weighted by Gasteiger charge is 2.26. The second kappa shape index (κ2) is 6.54. The van der Waals surface area contributed by atoms with Crippen molar-refractivity contribution in [3.05, 3.63) is 35.5 Å². The van der Waals surface area contributed by atoms with Crippen LogP contribution in [0.15, 0.2) is 34.9 Å². The molecule has 1 aliphatic rings. The average molecular weight is 359 g/mol. The molecule has 1 saturated heterocycles. The van der Waals surface area contributed by atoms with Crippen molar-refractivity contribution in [1.29, 1.82) is 0 Å². The third-order valence-corrected chi connectivity index (χ3v) is 4.74. The number of benzene rings is 1. The number of methoxy groups -OCH3 is 1. The Kier molecular flexibility index (Phi) is 4.23. The Labute approximate surface area is 150 Å². The van der Waals surface area contributed by atoms with Crippen LogP contribution in [0.4, 0.5) is 6.01 Å². The summed E-state index contributed by atoms with van der Waals surface area (Å²) in [6.07, 6.45) is 1.75. The minimum atomic E-state index is 0.293. The van der Waals surface area contributed by atoms with Crippen molar-refractivity contribution in [1.82, 2.24) is 15.3 Å². The number of nitrogens with zero attached hydrogens (tertiary/aromatic N) is 3. The summed E-state index contributed by atoms with van der Waals surface area (Å²) in [5, 5.41) is 3.86. The monoisotopic (exact) mass is 358 g/mol. The summed E-state index contributed by atoms with van der Waals surface area (Å²) < 4.78 is 11.6. The molecule has 1 unspecified atom stereocenters. The van der Waals surface area contributed by atoms with Gasteiger partial charge in [-0.2, -0.15) is 4.98 Å². The maximum Gasteiger partial charge on any atom is 0.298 e. The fourth-order valence-electron chi connectivity index (χ4n) is 3.17. The Balaban J connectivity index is 1.92. The van der Waals surface area contributed by atoms with E-state index < -0.39 is 0 Å². The number of pyridine rings is 1. The predicted molar refractivity (Wildman–Crippen MR) is 98.5 cm³/mol. The number of piperazine rings is 1. The molecule has 2 aromatic heterocycles. The topological polar surface area (TPSA) is 63.4 Å². The molecule has 0 bridgehead atoms. The Morgan fingerprint density at radius 2 is 2.28 bits per heavy atom. The van der Waals surface area contributed by atoms with Gasteiger partial charge in [0, 0.05) is 37.4 Å². The molecular formula is C18H19ClN4O2. The first-order valence-electron chi connectivity index (χ1n) is 8.25. The quantitative estimate of drug-likeness (QED) is 0.774. The number of oxazole rings is 1. The molecule has 1 aliphatic heterocycles. The van der Waals surface area contributed by atoms with E-state index in [1.807, 2.05) is 24.3 Å². The van der Waals surface area contributed by atoms with E-state index in [1.165, 1.54) is 0 Å². The lowest BCUT2D eigenvalue weighted by molar-refractivity contribution is 0.419. The molecule has 0 aliphatic carbocycles. The number of hydrogen-bond acceptors (Lipinski definition) is 6. The number of ether oxygens (including phenoxy) is 1. The molecule has 1 atom stereocenters. The molecule has 4 rings (SSSR count). The van der Waals surface area contributed by atoms with Crippen LogP contribution in [0.25, 0.3) is 22.4 Å². The fraction of sp³-hybridized carbons (Fsp3) is 0.333. The Bertz CT molecular complexity index is 897. The summed E-state index contributed by atoms with van der Waals surface area (Å²) in [5.74, 6) is 0.522. The minimum absolute atomic E-state index is 0.293. The van der Waals surface area contributed by atoms with Gasteiger partial charge in [0.15, 0.2) is 16.8 Å². The Morgan fingerprint density at radius 3 is 3.00 bits per heavy atom. The molecule has 3 aromatic rings. The van der Waals surface area contributed by atoms with E-state index in [9.17, 15) is 0 Å². The third-order valence-electron chi connectivity index (χ3n) is 4.46. The van der Waals surface area contributed by atoms with Crippen molar-refractivity contribution in [2.45, 2.75) is 13.0 Å². The number of anilines is 1. The molecule has 3 heterocycles. The summed E-state index contributed by atoms with van der Waals surface area (Å²) in [5.41, 5.74) is 2.85. The maximum atomic E-state index is 6.42. The largest absolute Gasteiger partial charge is 0.493 e. The van der Waals surface area contributed by atoms with E-state index in [0.717, 1.165) is 30.9 Å². The molecule has 0 radical (unpaired) electrons. The van der Waals surface area contributed by atoms with Gasteiger partial charge >= 0.3 is 0 Å². The van der Waals surface area contributed by atoms with Crippen molar-refractivity contribution >= 4 is 28.7 Å². The van der Waals surface area contributed by atoms with Crippen molar-refractivity contribution in [3.63, 3.8) is 0 Å². The first-order chi connectivity index (χ1) is 12.2. The number of aromatic nitrogens is 2. The average Bonchev–Trinajstić information content (AvgIpc) is 3.07. The number of nitrogens with one attached hydrogen (secondary N) is 1. The number of rotatable bonds is 3. The van der Waals surface area contributed by atoms with Crippen LogP contribution in [0.2, 0.25) is 5.02 Å². The van der Waals surface area contributed by atoms with Crippen molar-refractivity contribution in [3.8, 4) is 17.0 Å². The van der Waals surface area contributed by atoms with Crippen LogP contribution in [-0.4, -0.2) is 42.8 Å². The molecule has 0 saturated carbocycles. The summed E-state index contributed by atoms with van der Waals surface area (Å²) in [6.45, 7) is 4.77. The van der Waals surface area contributed by atoms with Gasteiger partial charge < -0.3 is 19.4 Å². The van der Waals surface area contributed by atoms with Gasteiger partial charge in [0.05, 0.1) is 17.8 Å². The Hall–Kier alpha value is -2.31. The van der Waals surface area contributed by atoms with Crippen LogP contribution in [0.5, 0.6) is 5.75 Å². The standard InChI is InChI=1S/C18H19ClN4O2/c1-11-10-20-7-8-23(11)18-22-15-16(25-18)12(9-13(19)17(15)24-2)14-5-3-4-6-21-14/h3-6,9,11,20H,7-8,10H2,1-2H3. The lowest BCUT2D eigenvalue weighted by Crippen LogP contribution is -2.50. The molecule has 0 spiro atoms. The minimum Gasteiger partial charge on any atom is -0.493 e. The molecule has 1 N–H and O–H groups in total. The van der Waals surface area contributed by atoms with E-state index in [-0.39, 0.29) is 0 Å². The van der Waals surface area contributed by atoms with E-state index in [1.54, 1.807) is 13.3 Å². The molecule has 130 valence electrons. The zero-order valence-electron chi connectivity index (χ0n) is 14.1. The van der Waals surface area contributed by atoms with Gasteiger partial charge in [-0.05, 0) is 25.1 Å². The highest BCUT2D eigenvalue weighted by Crippen LogP contribution is 2.41. The summed E-state index contributed by atoms with van der Waals surface area (Å²) in [4.78, 5) is 11.3. The van der Waals surface area contributed by atoms with Crippen LogP contribution in [0.3, 0.4) is 0 Å². The van der Waals surface area contributed by atoms with Crippen molar-refractivity contribution < 1.29 is 9.15 Å². The molecule has 1 fully saturated rings. The van der Waals surface area contributed by atoms with Gasteiger partial charge in [0.25, 0.3) is 6.01 Å². The van der Waals surface area contributed by atoms with Gasteiger partial charge in [-0.15, -0.1) is 0 Å². The van der Waals surface area contributed by atoms with E-state index in [4.69, 9.17) is 25.7 Å². The van der Waals surface area contributed by atoms with Crippen LogP contribution in [-0.2, 0) is 0 Å². The summed E-state index contributed by atoms with van der Waals surface area (Å²) in [7, 11) is 1.59. The first-order valence-corrected chi connectivity index (χ1v) is 8.62. The third kappa shape index (κ3) is 2.81. The molecule has 7 heteroatoms. The van der Waals surface area contributed by atoms with Crippen LogP contribution < -0.4 is 15.0 Å². The molecule has 1 aromatic carbocycles. The molecule has 0 amide bonds. The first kappa shape index (κ1) is 16.2. The van der Waals surface area contributed by atoms with Gasteiger partial charge in [-0.1, -0.05) is 17.7 Å². The molecule has 6 nitrogen and oxygen atoms in total. The van der Waals surface area contributed by atoms with Gasteiger partial charge in [-0.25, -0.2) is 0 Å². The zero-order valence-corrected chi connectivity index (χ0v) is 14.9. The highest BCUT2D eigenvalue weighted by atomic mass is 35.5. The molecular weight excluding hydrogens is 340 g/mol. The van der Waals surface area contributed by atoms with Gasteiger partial charge in [0.1, 0.15) is 0 Å². The number of hydrogen-bond donors (Lipinski definition) is 1. The van der Waals surface area contributed by atoms with Crippen LogP contribution in [0.1, 0.15) is 6.92 Å². The second-order valence-corrected chi connectivity index (χ2v) is 6.48. The lowest BCUT2D eigenvalue weighted by Gasteiger charge is -2.32. The maximum absolute atomic E-state index is 6.42. The Morgan fingerprint density at radius 1 is 1.40 bits per heavy atom. The number of fused-ring (bicyclic) bond motifs is 1. The summed E-state index contributed by atoms with van der Waals surface area (Å²) in [6, 6.07) is 8.43. The number of halogens is 1. The molecule has 25 heavy (non-hydrogen) atoms. The van der Waals surface area contributed by atoms with Crippen molar-refractivity contribution in [2.24, 2.45) is 0 Å². The van der Waals surface area contributed by atoms with Crippen LogP contribution >= 0.6 is 11.6 Å². The lowest BCUT2D eigenvalue weighted by atomic mass is 10.1. The fourth-order valence-corrected chi connectivity index (χ4v) is 3.45. The van der Waals surface area contributed by atoms with Crippen LogP contribution in [0, 0.1) is 0 Å². The smallest absolute Gasteiger partial charge is 0.298 e. The predicted octanol–water partition coefficient (Wildman–Crippen LogP) is 3.35. The van der Waals surface area contributed by atoms with E-state index in [2.05, 4.69) is 22.1 Å².